The van der Waals surface area contributed by atoms with Crippen molar-refractivity contribution in [2.24, 2.45) is 0 Å². The highest BCUT2D eigenvalue weighted by Gasteiger charge is 2.28. The van der Waals surface area contributed by atoms with E-state index in [1.165, 1.54) is 4.31 Å². The molecule has 1 aliphatic rings. The number of nitrogens with two attached hydrogens (primary N) is 1. The van der Waals surface area contributed by atoms with Crippen LogP contribution in [-0.4, -0.2) is 43.8 Å². The van der Waals surface area contributed by atoms with Gasteiger partial charge in [-0.15, -0.1) is 0 Å². The van der Waals surface area contributed by atoms with Crippen LogP contribution in [-0.2, 0) is 16.6 Å². The highest BCUT2D eigenvalue weighted by molar-refractivity contribution is 7.89. The lowest BCUT2D eigenvalue weighted by molar-refractivity contribution is 0.181. The highest BCUT2D eigenvalue weighted by atomic mass is 35.5. The van der Waals surface area contributed by atoms with Crippen LogP contribution in [0.15, 0.2) is 53.4 Å². The lowest BCUT2D eigenvalue weighted by Gasteiger charge is -2.34. The average molecular weight is 366 g/mol. The van der Waals surface area contributed by atoms with Crippen molar-refractivity contribution in [3.05, 3.63) is 59.1 Å². The molecule has 1 saturated heterocycles. The fraction of sp³-hybridized carbons (Fsp3) is 0.294. The van der Waals surface area contributed by atoms with Gasteiger partial charge < -0.3 is 5.73 Å². The predicted octanol–water partition coefficient (Wildman–Crippen LogP) is 2.43. The average Bonchev–Trinajstić information content (AvgIpc) is 2.56. The maximum atomic E-state index is 12.7. The quantitative estimate of drug-likeness (QED) is 0.845. The van der Waals surface area contributed by atoms with E-state index in [0.29, 0.717) is 31.2 Å². The van der Waals surface area contributed by atoms with Gasteiger partial charge >= 0.3 is 0 Å². The maximum absolute atomic E-state index is 12.7. The number of halogens is 1. The Bertz CT molecular complexity index is 801. The lowest BCUT2D eigenvalue weighted by atomic mass is 10.2. The first-order chi connectivity index (χ1) is 11.4. The molecular weight excluding hydrogens is 346 g/mol. The molecule has 0 spiro atoms. The van der Waals surface area contributed by atoms with Gasteiger partial charge in [-0.25, -0.2) is 8.42 Å². The topological polar surface area (TPSA) is 66.6 Å². The molecule has 7 heteroatoms. The monoisotopic (exact) mass is 365 g/mol. The molecule has 0 aliphatic carbocycles. The van der Waals surface area contributed by atoms with Crippen LogP contribution in [0, 0.1) is 0 Å². The molecule has 2 aromatic carbocycles. The van der Waals surface area contributed by atoms with Gasteiger partial charge in [0.15, 0.2) is 0 Å². The van der Waals surface area contributed by atoms with E-state index in [9.17, 15) is 8.42 Å². The van der Waals surface area contributed by atoms with Crippen molar-refractivity contribution in [1.82, 2.24) is 9.21 Å². The van der Waals surface area contributed by atoms with E-state index in [2.05, 4.69) is 4.90 Å². The van der Waals surface area contributed by atoms with Crippen LogP contribution < -0.4 is 5.73 Å². The van der Waals surface area contributed by atoms with Crippen molar-refractivity contribution in [1.29, 1.82) is 0 Å². The Kier molecular flexibility index (Phi) is 5.10. The molecule has 5 nitrogen and oxygen atoms in total. The minimum absolute atomic E-state index is 0.288. The summed E-state index contributed by atoms with van der Waals surface area (Å²) in [5.74, 6) is 0. The van der Waals surface area contributed by atoms with Gasteiger partial charge in [-0.05, 0) is 42.0 Å². The smallest absolute Gasteiger partial charge is 0.243 e. The minimum atomic E-state index is -3.45. The van der Waals surface area contributed by atoms with Crippen molar-refractivity contribution in [3.8, 4) is 0 Å². The molecule has 0 aromatic heterocycles. The number of anilines is 1. The zero-order chi connectivity index (χ0) is 17.2. The Hall–Kier alpha value is -1.60. The van der Waals surface area contributed by atoms with E-state index < -0.39 is 10.0 Å². The lowest BCUT2D eigenvalue weighted by Crippen LogP contribution is -2.48. The van der Waals surface area contributed by atoms with Gasteiger partial charge in [0.1, 0.15) is 0 Å². The van der Waals surface area contributed by atoms with Gasteiger partial charge in [-0.1, -0.05) is 23.7 Å². The van der Waals surface area contributed by atoms with Crippen molar-refractivity contribution < 1.29 is 8.42 Å². The number of nitrogen functional groups attached to an aromatic ring is 1. The van der Waals surface area contributed by atoms with Crippen molar-refractivity contribution in [2.75, 3.05) is 31.9 Å². The molecule has 1 heterocycles. The van der Waals surface area contributed by atoms with E-state index in [1.54, 1.807) is 24.3 Å². The SMILES string of the molecule is Nc1cccc(CN2CCN(S(=O)(=O)c3ccc(Cl)cc3)CC2)c1. The third-order valence-corrected chi connectivity index (χ3v) is 6.30. The molecule has 2 aromatic rings. The first-order valence-electron chi connectivity index (χ1n) is 7.78. The highest BCUT2D eigenvalue weighted by Crippen LogP contribution is 2.20. The molecule has 0 bridgehead atoms. The zero-order valence-corrected chi connectivity index (χ0v) is 14.8. The summed E-state index contributed by atoms with van der Waals surface area (Å²) < 4.78 is 26.8. The van der Waals surface area contributed by atoms with Crippen LogP contribution >= 0.6 is 11.6 Å². The van der Waals surface area contributed by atoms with Crippen LogP contribution in [0.1, 0.15) is 5.56 Å². The number of sulfonamides is 1. The van der Waals surface area contributed by atoms with Crippen molar-refractivity contribution in [3.63, 3.8) is 0 Å². The van der Waals surface area contributed by atoms with Gasteiger partial charge in [-0.2, -0.15) is 4.31 Å². The fourth-order valence-corrected chi connectivity index (χ4v) is 4.38. The largest absolute Gasteiger partial charge is 0.399 e. The first kappa shape index (κ1) is 17.2. The van der Waals surface area contributed by atoms with Gasteiger partial charge in [0.05, 0.1) is 4.90 Å². The summed E-state index contributed by atoms with van der Waals surface area (Å²) in [5.41, 5.74) is 7.69. The molecule has 1 aliphatic heterocycles. The Morgan fingerprint density at radius 2 is 1.67 bits per heavy atom. The summed E-state index contributed by atoms with van der Waals surface area (Å²) in [4.78, 5) is 2.53. The summed E-state index contributed by atoms with van der Waals surface area (Å²) in [5, 5.41) is 0.529. The van der Waals surface area contributed by atoms with Crippen molar-refractivity contribution in [2.45, 2.75) is 11.4 Å². The van der Waals surface area contributed by atoms with Crippen LogP contribution in [0.3, 0.4) is 0 Å². The third kappa shape index (κ3) is 3.89. The van der Waals surface area contributed by atoms with E-state index >= 15 is 0 Å². The van der Waals surface area contributed by atoms with Gasteiger partial charge in [0.25, 0.3) is 0 Å². The summed E-state index contributed by atoms with van der Waals surface area (Å²) in [6.45, 7) is 3.13. The van der Waals surface area contributed by atoms with Crippen LogP contribution in [0.25, 0.3) is 0 Å². The molecule has 3 rings (SSSR count). The van der Waals surface area contributed by atoms with E-state index in [1.807, 2.05) is 24.3 Å². The number of piperazine rings is 1. The number of hydrogen-bond donors (Lipinski definition) is 1. The van der Waals surface area contributed by atoms with Gasteiger partial charge in [0, 0.05) is 43.4 Å². The maximum Gasteiger partial charge on any atom is 0.243 e. The summed E-state index contributed by atoms with van der Waals surface area (Å²) >= 11 is 5.83. The summed E-state index contributed by atoms with van der Waals surface area (Å²) in [7, 11) is -3.45. The number of nitrogens with zero attached hydrogens (tertiary/aromatic N) is 2. The van der Waals surface area contributed by atoms with Gasteiger partial charge in [0.2, 0.25) is 10.0 Å². The predicted molar refractivity (Wildman–Crippen MR) is 96.3 cm³/mol. The second kappa shape index (κ2) is 7.11. The van der Waals surface area contributed by atoms with Crippen LogP contribution in [0.4, 0.5) is 5.69 Å². The van der Waals surface area contributed by atoms with E-state index in [0.717, 1.165) is 17.8 Å². The van der Waals surface area contributed by atoms with E-state index in [-0.39, 0.29) is 4.90 Å². The van der Waals surface area contributed by atoms with Crippen LogP contribution in [0.5, 0.6) is 0 Å². The van der Waals surface area contributed by atoms with Crippen molar-refractivity contribution >= 4 is 27.3 Å². The third-order valence-electron chi connectivity index (χ3n) is 4.14. The summed E-state index contributed by atoms with van der Waals surface area (Å²) in [6.07, 6.45) is 0. The molecule has 0 unspecified atom stereocenters. The Labute approximate surface area is 147 Å². The minimum Gasteiger partial charge on any atom is -0.399 e. The normalized spacial score (nSPS) is 17.0. The molecular formula is C17H20ClN3O2S. The number of rotatable bonds is 4. The number of hydrogen-bond acceptors (Lipinski definition) is 4. The Morgan fingerprint density at radius 3 is 2.29 bits per heavy atom. The molecule has 0 atom stereocenters. The second-order valence-electron chi connectivity index (χ2n) is 5.88. The molecule has 0 amide bonds. The first-order valence-corrected chi connectivity index (χ1v) is 9.59. The molecule has 2 N–H and O–H groups in total. The molecule has 0 saturated carbocycles. The standard InChI is InChI=1S/C17H20ClN3O2S/c18-15-4-6-17(7-5-15)24(22,23)21-10-8-20(9-11-21)13-14-2-1-3-16(19)12-14/h1-7,12H,8-11,13,19H2. The van der Waals surface area contributed by atoms with Gasteiger partial charge in [-0.3, -0.25) is 4.90 Å². The molecule has 1 fully saturated rings. The van der Waals surface area contributed by atoms with E-state index in [4.69, 9.17) is 17.3 Å². The number of benzene rings is 2. The molecule has 128 valence electrons. The van der Waals surface area contributed by atoms with Crippen LogP contribution in [0.2, 0.25) is 5.02 Å². The summed E-state index contributed by atoms with van der Waals surface area (Å²) in [6, 6.07) is 14.1. The Morgan fingerprint density at radius 1 is 1.00 bits per heavy atom. The molecule has 24 heavy (non-hydrogen) atoms. The fourth-order valence-electron chi connectivity index (χ4n) is 2.83. The second-order valence-corrected chi connectivity index (χ2v) is 8.25. The zero-order valence-electron chi connectivity index (χ0n) is 13.2. The molecule has 0 radical (unpaired) electrons. The Balaban J connectivity index is 1.63.